The Balaban J connectivity index is 1.24. The van der Waals surface area contributed by atoms with Crippen LogP contribution in [-0.2, 0) is 21.3 Å². The van der Waals surface area contributed by atoms with Crippen LogP contribution in [-0.4, -0.2) is 69.8 Å². The van der Waals surface area contributed by atoms with Crippen molar-refractivity contribution in [3.05, 3.63) is 66.1 Å². The molecule has 1 unspecified atom stereocenters. The molecular weight excluding hydrogens is 506 g/mol. The largest absolute Gasteiger partial charge is 0.444 e. The molecule has 5 rings (SSSR count). The molecule has 1 atom stereocenters. The molecule has 2 fully saturated rings. The van der Waals surface area contributed by atoms with Crippen molar-refractivity contribution in [2.24, 2.45) is 0 Å². The van der Waals surface area contributed by atoms with Crippen LogP contribution < -0.4 is 5.32 Å². The molecule has 1 aromatic carbocycles. The number of aromatic nitrogens is 2. The summed E-state index contributed by atoms with van der Waals surface area (Å²) in [6.45, 7) is 6.93. The number of amides is 2. The quantitative estimate of drug-likeness (QED) is 0.532. The van der Waals surface area contributed by atoms with E-state index in [1.165, 1.54) is 0 Å². The molecule has 38 heavy (non-hydrogen) atoms. The number of fused-ring (bicyclic) bond motifs is 1. The fourth-order valence-corrected chi connectivity index (χ4v) is 7.13. The molecule has 2 aliphatic rings. The van der Waals surface area contributed by atoms with Crippen LogP contribution in [0.1, 0.15) is 56.0 Å². The average Bonchev–Trinajstić information content (AvgIpc) is 3.62. The van der Waals surface area contributed by atoms with Gasteiger partial charge in [-0.3, -0.25) is 4.79 Å². The van der Waals surface area contributed by atoms with Crippen LogP contribution in [0.5, 0.6) is 0 Å². The Kier molecular flexibility index (Phi) is 6.68. The smallest absolute Gasteiger partial charge is 0.410 e. The Morgan fingerprint density at radius 1 is 1.08 bits per heavy atom. The van der Waals surface area contributed by atoms with Crippen molar-refractivity contribution >= 4 is 27.7 Å². The van der Waals surface area contributed by atoms with E-state index < -0.39 is 27.3 Å². The summed E-state index contributed by atoms with van der Waals surface area (Å²) in [5.74, 6) is -0.230. The van der Waals surface area contributed by atoms with Crippen LogP contribution in [0.2, 0.25) is 0 Å². The Labute approximate surface area is 222 Å². The van der Waals surface area contributed by atoms with Gasteiger partial charge in [0.25, 0.3) is 5.91 Å². The standard InChI is InChI=1S/C27H33N5O5S/c1-26(2,3)37-25(34)31-15-12-27(19-31)11-4-14-32(27)38(35,36)22-8-5-20(6-9-22)17-29-24(33)21-7-10-23-28-13-16-30(23)18-21/h5-10,13,16,18H,4,11-12,14-15,17,19H2,1-3H3,(H,29,33). The van der Waals surface area contributed by atoms with Crippen molar-refractivity contribution in [2.75, 3.05) is 19.6 Å². The summed E-state index contributed by atoms with van der Waals surface area (Å²) in [7, 11) is -3.76. The lowest BCUT2D eigenvalue weighted by molar-refractivity contribution is 0.0273. The van der Waals surface area contributed by atoms with Gasteiger partial charge in [0.1, 0.15) is 11.2 Å². The van der Waals surface area contributed by atoms with Crippen LogP contribution in [0.4, 0.5) is 4.79 Å². The third kappa shape index (κ3) is 5.12. The van der Waals surface area contributed by atoms with Crippen LogP contribution in [0.15, 0.2) is 59.9 Å². The van der Waals surface area contributed by atoms with Gasteiger partial charge in [0, 0.05) is 44.8 Å². The van der Waals surface area contributed by atoms with E-state index in [-0.39, 0.29) is 17.3 Å². The first-order valence-corrected chi connectivity index (χ1v) is 14.2. The molecule has 10 nitrogen and oxygen atoms in total. The lowest BCUT2D eigenvalue weighted by Gasteiger charge is -2.34. The molecule has 0 saturated carbocycles. The maximum atomic E-state index is 13.7. The SMILES string of the molecule is CC(C)(C)OC(=O)N1CCC2(CCCN2S(=O)(=O)c2ccc(CNC(=O)c3ccc4nccn4c3)cc2)C1. The number of benzene rings is 1. The second kappa shape index (κ2) is 9.70. The predicted molar refractivity (Wildman–Crippen MR) is 141 cm³/mol. The molecule has 2 aromatic heterocycles. The van der Waals surface area contributed by atoms with E-state index in [9.17, 15) is 18.0 Å². The zero-order chi connectivity index (χ0) is 27.1. The maximum absolute atomic E-state index is 13.7. The highest BCUT2D eigenvalue weighted by molar-refractivity contribution is 7.89. The van der Waals surface area contributed by atoms with Crippen LogP contribution in [0.25, 0.3) is 5.65 Å². The van der Waals surface area contributed by atoms with Gasteiger partial charge in [0.15, 0.2) is 0 Å². The highest BCUT2D eigenvalue weighted by Gasteiger charge is 2.52. The Morgan fingerprint density at radius 2 is 1.84 bits per heavy atom. The normalized spacial score (nSPS) is 20.3. The minimum atomic E-state index is -3.76. The van der Waals surface area contributed by atoms with E-state index in [4.69, 9.17) is 4.74 Å². The van der Waals surface area contributed by atoms with E-state index in [0.29, 0.717) is 38.0 Å². The van der Waals surface area contributed by atoms with Gasteiger partial charge in [0.2, 0.25) is 10.0 Å². The number of hydrogen-bond acceptors (Lipinski definition) is 6. The zero-order valence-corrected chi connectivity index (χ0v) is 22.7. The first kappa shape index (κ1) is 26.2. The molecule has 2 amide bonds. The highest BCUT2D eigenvalue weighted by Crippen LogP contribution is 2.41. The van der Waals surface area contributed by atoms with Crippen molar-refractivity contribution in [3.63, 3.8) is 0 Å². The number of sulfonamides is 1. The van der Waals surface area contributed by atoms with Crippen LogP contribution in [0, 0.1) is 0 Å². The predicted octanol–water partition coefficient (Wildman–Crippen LogP) is 3.43. The van der Waals surface area contributed by atoms with Gasteiger partial charge in [-0.15, -0.1) is 0 Å². The Morgan fingerprint density at radius 3 is 2.58 bits per heavy atom. The maximum Gasteiger partial charge on any atom is 0.410 e. The number of hydrogen-bond donors (Lipinski definition) is 1. The first-order valence-electron chi connectivity index (χ1n) is 12.8. The molecule has 0 aliphatic carbocycles. The van der Waals surface area contributed by atoms with Crippen molar-refractivity contribution in [2.45, 2.75) is 62.6 Å². The van der Waals surface area contributed by atoms with Gasteiger partial charge in [-0.25, -0.2) is 18.2 Å². The molecule has 3 aromatic rings. The van der Waals surface area contributed by atoms with Gasteiger partial charge in [-0.2, -0.15) is 4.31 Å². The lowest BCUT2D eigenvalue weighted by atomic mass is 9.97. The number of imidazole rings is 1. The van der Waals surface area contributed by atoms with E-state index >= 15 is 0 Å². The summed E-state index contributed by atoms with van der Waals surface area (Å²) in [4.78, 5) is 31.2. The summed E-state index contributed by atoms with van der Waals surface area (Å²) in [5, 5.41) is 2.87. The third-order valence-electron chi connectivity index (χ3n) is 7.13. The monoisotopic (exact) mass is 539 g/mol. The fraction of sp³-hybridized carbons (Fsp3) is 0.444. The number of ether oxygens (including phenoxy) is 1. The molecule has 1 spiro atoms. The summed E-state index contributed by atoms with van der Waals surface area (Å²) < 4.78 is 36.2. The number of likely N-dealkylation sites (tertiary alicyclic amines) is 1. The van der Waals surface area contributed by atoms with Crippen molar-refractivity contribution < 1.29 is 22.7 Å². The second-order valence-electron chi connectivity index (χ2n) is 11.0. The number of nitrogens with zero attached hydrogens (tertiary/aromatic N) is 4. The number of carbonyl (C=O) groups excluding carboxylic acids is 2. The molecule has 11 heteroatoms. The lowest BCUT2D eigenvalue weighted by Crippen LogP contribution is -2.49. The summed E-state index contributed by atoms with van der Waals surface area (Å²) in [6.07, 6.45) is 6.79. The van der Waals surface area contributed by atoms with E-state index in [2.05, 4.69) is 10.3 Å². The number of rotatable bonds is 5. The minimum absolute atomic E-state index is 0.204. The molecule has 1 N–H and O–H groups in total. The van der Waals surface area contributed by atoms with Crippen molar-refractivity contribution in [3.8, 4) is 0 Å². The Bertz CT molecular complexity index is 1460. The van der Waals surface area contributed by atoms with Crippen molar-refractivity contribution in [1.82, 2.24) is 23.9 Å². The summed E-state index contributed by atoms with van der Waals surface area (Å²) in [5.41, 5.74) is 0.829. The van der Waals surface area contributed by atoms with Gasteiger partial charge >= 0.3 is 6.09 Å². The van der Waals surface area contributed by atoms with Gasteiger partial charge in [0.05, 0.1) is 16.0 Å². The van der Waals surface area contributed by atoms with Gasteiger partial charge in [-0.1, -0.05) is 12.1 Å². The molecular formula is C27H33N5O5S. The number of nitrogens with one attached hydrogen (secondary N) is 1. The third-order valence-corrected chi connectivity index (χ3v) is 9.15. The van der Waals surface area contributed by atoms with Gasteiger partial charge in [-0.05, 0) is 69.9 Å². The van der Waals surface area contributed by atoms with E-state index in [1.807, 2.05) is 20.8 Å². The van der Waals surface area contributed by atoms with Crippen LogP contribution in [0.3, 0.4) is 0 Å². The molecule has 202 valence electrons. The number of pyridine rings is 1. The zero-order valence-electron chi connectivity index (χ0n) is 21.9. The van der Waals surface area contributed by atoms with Crippen molar-refractivity contribution in [1.29, 1.82) is 0 Å². The molecule has 0 bridgehead atoms. The minimum Gasteiger partial charge on any atom is -0.444 e. The molecule has 0 radical (unpaired) electrons. The Hall–Kier alpha value is -3.44. The fourth-order valence-electron chi connectivity index (χ4n) is 5.28. The van der Waals surface area contributed by atoms with E-state index in [1.54, 1.807) is 68.6 Å². The van der Waals surface area contributed by atoms with E-state index in [0.717, 1.165) is 17.6 Å². The van der Waals surface area contributed by atoms with Crippen LogP contribution >= 0.6 is 0 Å². The number of carbonyl (C=O) groups is 2. The molecule has 2 aliphatic heterocycles. The second-order valence-corrected chi connectivity index (χ2v) is 12.9. The topological polar surface area (TPSA) is 113 Å². The highest BCUT2D eigenvalue weighted by atomic mass is 32.2. The molecule has 2 saturated heterocycles. The average molecular weight is 540 g/mol. The first-order chi connectivity index (χ1) is 18.0. The summed E-state index contributed by atoms with van der Waals surface area (Å²) in [6, 6.07) is 10.1. The van der Waals surface area contributed by atoms with Gasteiger partial charge < -0.3 is 19.4 Å². The molecule has 4 heterocycles. The summed E-state index contributed by atoms with van der Waals surface area (Å²) >= 11 is 0.